The second kappa shape index (κ2) is 8.62. The summed E-state index contributed by atoms with van der Waals surface area (Å²) < 4.78 is 4.07. The van der Waals surface area contributed by atoms with E-state index in [4.69, 9.17) is 4.74 Å². The number of amides is 2. The van der Waals surface area contributed by atoms with Gasteiger partial charge in [-0.05, 0) is 26.2 Å². The molecular formula is C23H32N2O5S. The number of likely N-dealkylation sites (tertiary alicyclic amines) is 1. The Morgan fingerprint density at radius 3 is 2.71 bits per heavy atom. The minimum atomic E-state index is -0.855. The van der Waals surface area contributed by atoms with Crippen molar-refractivity contribution in [3.05, 3.63) is 24.3 Å². The van der Waals surface area contributed by atoms with Crippen molar-refractivity contribution in [3.63, 3.8) is 0 Å². The summed E-state index contributed by atoms with van der Waals surface area (Å²) >= 11 is 1.54. The zero-order chi connectivity index (χ0) is 22.2. The van der Waals surface area contributed by atoms with Crippen LogP contribution in [0, 0.1) is 11.8 Å². The van der Waals surface area contributed by atoms with Crippen LogP contribution in [0.4, 0.5) is 0 Å². The number of ether oxygens (including phenoxy) is 1. The first-order valence-corrected chi connectivity index (χ1v) is 12.1. The largest absolute Gasteiger partial charge is 0.465 e. The Bertz CT molecular complexity index is 814. The first-order chi connectivity index (χ1) is 14.9. The second-order valence-electron chi connectivity index (χ2n) is 9.00. The number of hydrogen-bond acceptors (Lipinski definition) is 6. The summed E-state index contributed by atoms with van der Waals surface area (Å²) in [7, 11) is 0. The second-order valence-corrected chi connectivity index (χ2v) is 10.8. The number of aliphatic hydroxyl groups is 1. The van der Waals surface area contributed by atoms with Gasteiger partial charge in [-0.1, -0.05) is 37.6 Å². The molecule has 5 atom stereocenters. The van der Waals surface area contributed by atoms with Gasteiger partial charge in [-0.25, -0.2) is 0 Å². The number of carbonyl (C=O) groups excluding carboxylic acids is 3. The van der Waals surface area contributed by atoms with Crippen molar-refractivity contribution >= 4 is 29.5 Å². The number of β-amino-alcohol motifs (C(OH)–C–C–N with tert-alkyl or cyclic N) is 1. The van der Waals surface area contributed by atoms with Gasteiger partial charge in [-0.3, -0.25) is 14.4 Å². The van der Waals surface area contributed by atoms with Crippen LogP contribution in [0.5, 0.6) is 0 Å². The highest BCUT2D eigenvalue weighted by Crippen LogP contribution is 2.65. The number of cyclic esters (lactones) is 1. The van der Waals surface area contributed by atoms with Gasteiger partial charge in [0.25, 0.3) is 0 Å². The van der Waals surface area contributed by atoms with Gasteiger partial charge < -0.3 is 19.6 Å². The van der Waals surface area contributed by atoms with Crippen LogP contribution in [-0.4, -0.2) is 81.1 Å². The highest BCUT2D eigenvalue weighted by Gasteiger charge is 2.73. The molecule has 1 spiro atoms. The zero-order valence-electron chi connectivity index (χ0n) is 18.3. The molecule has 4 aliphatic heterocycles. The molecule has 1 unspecified atom stereocenters. The van der Waals surface area contributed by atoms with Crippen LogP contribution < -0.4 is 0 Å². The first-order valence-electron chi connectivity index (χ1n) is 11.3. The van der Waals surface area contributed by atoms with Gasteiger partial charge in [-0.2, -0.15) is 0 Å². The number of unbranched alkanes of at least 4 members (excludes halogenated alkanes) is 1. The number of rotatable bonds is 5. The predicted molar refractivity (Wildman–Crippen MR) is 118 cm³/mol. The van der Waals surface area contributed by atoms with Gasteiger partial charge in [0.05, 0.1) is 29.8 Å². The van der Waals surface area contributed by atoms with Crippen molar-refractivity contribution in [1.82, 2.24) is 9.80 Å². The van der Waals surface area contributed by atoms with E-state index in [1.807, 2.05) is 30.1 Å². The van der Waals surface area contributed by atoms with E-state index < -0.39 is 27.4 Å². The van der Waals surface area contributed by atoms with Gasteiger partial charge >= 0.3 is 5.97 Å². The van der Waals surface area contributed by atoms with E-state index in [1.165, 1.54) is 4.90 Å². The third kappa shape index (κ3) is 3.52. The molecule has 0 aliphatic carbocycles. The molecule has 2 amide bonds. The van der Waals surface area contributed by atoms with Gasteiger partial charge in [0.15, 0.2) is 0 Å². The van der Waals surface area contributed by atoms with E-state index in [1.54, 1.807) is 11.8 Å². The van der Waals surface area contributed by atoms with Gasteiger partial charge in [0.1, 0.15) is 6.04 Å². The third-order valence-electron chi connectivity index (χ3n) is 6.96. The van der Waals surface area contributed by atoms with Crippen LogP contribution in [0.1, 0.15) is 39.5 Å². The van der Waals surface area contributed by atoms with E-state index in [9.17, 15) is 19.5 Å². The number of allylic oxidation sites excluding steroid dienone is 1. The summed E-state index contributed by atoms with van der Waals surface area (Å²) in [6.07, 6.45) is 11.5. The Morgan fingerprint density at radius 1 is 1.16 bits per heavy atom. The molecule has 4 aliphatic rings. The fraction of sp³-hybridized carbons (Fsp3) is 0.696. The Hall–Kier alpha value is -1.80. The lowest BCUT2D eigenvalue weighted by Crippen LogP contribution is -2.54. The smallest absolute Gasteiger partial charge is 0.311 e. The molecule has 7 nitrogen and oxygen atoms in total. The topological polar surface area (TPSA) is 87.2 Å². The minimum absolute atomic E-state index is 0.0812. The SMILES string of the molecule is CCCCN1CC=C[C@]23S[C@]4(C)/C=C\CCCOC(=O)[C@@H]4[C@H]2C(=O)N(CCO)C3C1=O. The molecule has 170 valence electrons. The van der Waals surface area contributed by atoms with Crippen LogP contribution in [0.15, 0.2) is 24.3 Å². The molecule has 0 aromatic rings. The molecule has 8 heteroatoms. The van der Waals surface area contributed by atoms with Crippen LogP contribution >= 0.6 is 11.8 Å². The number of nitrogens with zero attached hydrogens (tertiary/aromatic N) is 2. The summed E-state index contributed by atoms with van der Waals surface area (Å²) in [6, 6.07) is -0.730. The van der Waals surface area contributed by atoms with Gasteiger partial charge in [0, 0.05) is 24.4 Å². The first kappa shape index (κ1) is 22.4. The molecule has 0 saturated carbocycles. The maximum Gasteiger partial charge on any atom is 0.311 e. The lowest BCUT2D eigenvalue weighted by atomic mass is 9.74. The molecule has 0 aromatic carbocycles. The lowest BCUT2D eigenvalue weighted by molar-refractivity contribution is -0.154. The highest BCUT2D eigenvalue weighted by molar-refractivity contribution is 8.02. The van der Waals surface area contributed by atoms with E-state index in [2.05, 4.69) is 13.0 Å². The van der Waals surface area contributed by atoms with Crippen molar-refractivity contribution in [2.45, 2.75) is 55.1 Å². The van der Waals surface area contributed by atoms with Crippen molar-refractivity contribution < 1.29 is 24.2 Å². The Morgan fingerprint density at radius 2 is 1.97 bits per heavy atom. The maximum absolute atomic E-state index is 13.7. The zero-order valence-corrected chi connectivity index (χ0v) is 19.1. The summed E-state index contributed by atoms with van der Waals surface area (Å²) in [6.45, 7) is 5.37. The van der Waals surface area contributed by atoms with E-state index in [0.717, 1.165) is 25.7 Å². The summed E-state index contributed by atoms with van der Waals surface area (Å²) in [5.41, 5.74) is 0. The van der Waals surface area contributed by atoms with Crippen molar-refractivity contribution in [3.8, 4) is 0 Å². The summed E-state index contributed by atoms with van der Waals surface area (Å²) in [5.74, 6) is -2.07. The highest BCUT2D eigenvalue weighted by atomic mass is 32.2. The van der Waals surface area contributed by atoms with Crippen LogP contribution in [0.3, 0.4) is 0 Å². The fourth-order valence-corrected chi connectivity index (χ4v) is 7.73. The van der Waals surface area contributed by atoms with Gasteiger partial charge in [0.2, 0.25) is 11.8 Å². The number of esters is 1. The number of aliphatic hydroxyl groups excluding tert-OH is 1. The molecule has 1 N–H and O–H groups in total. The lowest BCUT2D eigenvalue weighted by Gasteiger charge is -2.36. The minimum Gasteiger partial charge on any atom is -0.465 e. The van der Waals surface area contributed by atoms with E-state index in [0.29, 0.717) is 19.7 Å². The number of thioether (sulfide) groups is 1. The van der Waals surface area contributed by atoms with E-state index in [-0.39, 0.29) is 30.9 Å². The Balaban J connectivity index is 1.82. The molecule has 4 rings (SSSR count). The molecule has 0 bridgehead atoms. The number of fused-ring (bicyclic) bond motifs is 2. The molecule has 31 heavy (non-hydrogen) atoms. The maximum atomic E-state index is 13.7. The van der Waals surface area contributed by atoms with Crippen LogP contribution in [-0.2, 0) is 19.1 Å². The Labute approximate surface area is 187 Å². The normalized spacial score (nSPS) is 38.5. The fourth-order valence-electron chi connectivity index (χ4n) is 5.58. The molecule has 0 aromatic heterocycles. The number of hydrogen-bond donors (Lipinski definition) is 1. The van der Waals surface area contributed by atoms with Crippen molar-refractivity contribution in [2.24, 2.45) is 11.8 Å². The quantitative estimate of drug-likeness (QED) is 0.509. The molecule has 2 fully saturated rings. The monoisotopic (exact) mass is 448 g/mol. The van der Waals surface area contributed by atoms with Crippen LogP contribution in [0.25, 0.3) is 0 Å². The van der Waals surface area contributed by atoms with Gasteiger partial charge in [-0.15, -0.1) is 11.8 Å². The average molecular weight is 449 g/mol. The molecule has 2 saturated heterocycles. The van der Waals surface area contributed by atoms with Crippen LogP contribution in [0.2, 0.25) is 0 Å². The number of carbonyl (C=O) groups is 3. The average Bonchev–Trinajstić information content (AvgIpc) is 3.08. The third-order valence-corrected chi connectivity index (χ3v) is 8.75. The standard InChI is InChI=1S/C23H32N2O5S/c1-3-4-11-24-12-8-10-23-16(19(27)25(13-14-26)18(23)20(24)28)17-21(29)30-15-7-5-6-9-22(17,2)31-23/h6,8-10,16-18,26H,3-5,7,11-15H2,1-2H3/b9-6-/t16-,17-,18?,22+,23-/m0/s1. The van der Waals surface area contributed by atoms with Crippen molar-refractivity contribution in [2.75, 3.05) is 32.8 Å². The molecule has 0 radical (unpaired) electrons. The Kier molecular flexibility index (Phi) is 6.23. The predicted octanol–water partition coefficient (Wildman–Crippen LogP) is 1.76. The molecule has 4 heterocycles. The summed E-state index contributed by atoms with van der Waals surface area (Å²) in [5, 5.41) is 9.67. The summed E-state index contributed by atoms with van der Waals surface area (Å²) in [4.78, 5) is 44.0. The molecular weight excluding hydrogens is 416 g/mol. The van der Waals surface area contributed by atoms with Crippen molar-refractivity contribution in [1.29, 1.82) is 0 Å². The van der Waals surface area contributed by atoms with E-state index >= 15 is 0 Å².